The third kappa shape index (κ3) is 6.62. The van der Waals surface area contributed by atoms with Crippen LogP contribution in [-0.4, -0.2) is 30.8 Å². The Morgan fingerprint density at radius 3 is 2.74 bits per heavy atom. The number of hydrogen-bond acceptors (Lipinski definition) is 3. The van der Waals surface area contributed by atoms with Crippen LogP contribution in [0.4, 0.5) is 0 Å². The number of amides is 1. The van der Waals surface area contributed by atoms with Gasteiger partial charge in [0.1, 0.15) is 5.75 Å². The van der Waals surface area contributed by atoms with Crippen LogP contribution in [0.5, 0.6) is 5.75 Å². The predicted molar refractivity (Wildman–Crippen MR) is 76.0 cm³/mol. The van der Waals surface area contributed by atoms with Gasteiger partial charge in [-0.2, -0.15) is 0 Å². The molecule has 0 unspecified atom stereocenters. The summed E-state index contributed by atoms with van der Waals surface area (Å²) in [5.41, 5.74) is 0.932. The van der Waals surface area contributed by atoms with E-state index in [9.17, 15) is 4.79 Å². The second kappa shape index (κ2) is 9.16. The largest absolute Gasteiger partial charge is 0.494 e. The SMILES string of the molecule is CCCCOc1ccc(C=CC(=O)NCCO)cc1. The van der Waals surface area contributed by atoms with E-state index in [2.05, 4.69) is 12.2 Å². The van der Waals surface area contributed by atoms with E-state index < -0.39 is 0 Å². The molecular weight excluding hydrogens is 242 g/mol. The average Bonchev–Trinajstić information content (AvgIpc) is 2.44. The van der Waals surface area contributed by atoms with Crippen molar-refractivity contribution in [2.24, 2.45) is 0 Å². The van der Waals surface area contributed by atoms with Gasteiger partial charge in [0, 0.05) is 12.6 Å². The number of benzene rings is 1. The minimum atomic E-state index is -0.211. The first-order chi connectivity index (χ1) is 9.26. The second-order valence-corrected chi connectivity index (χ2v) is 4.12. The van der Waals surface area contributed by atoms with Crippen molar-refractivity contribution in [2.75, 3.05) is 19.8 Å². The Kier molecular flexibility index (Phi) is 7.35. The van der Waals surface area contributed by atoms with Crippen LogP contribution in [0.25, 0.3) is 6.08 Å². The highest BCUT2D eigenvalue weighted by Crippen LogP contribution is 2.13. The fraction of sp³-hybridized carbons (Fsp3) is 0.400. The van der Waals surface area contributed by atoms with Gasteiger partial charge < -0.3 is 15.2 Å². The number of ether oxygens (including phenoxy) is 1. The van der Waals surface area contributed by atoms with Crippen LogP contribution in [0.3, 0.4) is 0 Å². The lowest BCUT2D eigenvalue weighted by atomic mass is 10.2. The lowest BCUT2D eigenvalue weighted by Gasteiger charge is -2.05. The van der Waals surface area contributed by atoms with Crippen molar-refractivity contribution in [1.29, 1.82) is 0 Å². The summed E-state index contributed by atoms with van der Waals surface area (Å²) in [6, 6.07) is 7.58. The quantitative estimate of drug-likeness (QED) is 0.557. The van der Waals surface area contributed by atoms with Gasteiger partial charge in [-0.15, -0.1) is 0 Å². The van der Waals surface area contributed by atoms with Crippen molar-refractivity contribution < 1.29 is 14.6 Å². The van der Waals surface area contributed by atoms with Crippen molar-refractivity contribution in [3.8, 4) is 5.75 Å². The van der Waals surface area contributed by atoms with Gasteiger partial charge in [0.05, 0.1) is 13.2 Å². The molecule has 2 N–H and O–H groups in total. The minimum absolute atomic E-state index is 0.0522. The molecule has 19 heavy (non-hydrogen) atoms. The number of nitrogens with one attached hydrogen (secondary N) is 1. The lowest BCUT2D eigenvalue weighted by Crippen LogP contribution is -2.24. The highest BCUT2D eigenvalue weighted by molar-refractivity contribution is 5.91. The van der Waals surface area contributed by atoms with Gasteiger partial charge in [-0.1, -0.05) is 25.5 Å². The van der Waals surface area contributed by atoms with E-state index >= 15 is 0 Å². The van der Waals surface area contributed by atoms with E-state index in [0.29, 0.717) is 0 Å². The monoisotopic (exact) mass is 263 g/mol. The van der Waals surface area contributed by atoms with E-state index in [1.807, 2.05) is 24.3 Å². The summed E-state index contributed by atoms with van der Waals surface area (Å²) in [5.74, 6) is 0.632. The summed E-state index contributed by atoms with van der Waals surface area (Å²) in [6.07, 6.45) is 5.33. The molecule has 0 saturated carbocycles. The van der Waals surface area contributed by atoms with Gasteiger partial charge in [0.15, 0.2) is 0 Å². The first-order valence-corrected chi connectivity index (χ1v) is 6.56. The molecule has 0 bridgehead atoms. The molecule has 4 nitrogen and oxygen atoms in total. The van der Waals surface area contributed by atoms with Crippen molar-refractivity contribution in [3.05, 3.63) is 35.9 Å². The van der Waals surface area contributed by atoms with Crippen LogP contribution in [0.1, 0.15) is 25.3 Å². The molecule has 0 aromatic heterocycles. The molecule has 1 aromatic carbocycles. The van der Waals surface area contributed by atoms with E-state index in [0.717, 1.165) is 30.8 Å². The van der Waals surface area contributed by atoms with E-state index in [-0.39, 0.29) is 19.1 Å². The van der Waals surface area contributed by atoms with Gasteiger partial charge in [-0.25, -0.2) is 0 Å². The third-order valence-corrected chi connectivity index (χ3v) is 2.48. The molecule has 0 saturated heterocycles. The van der Waals surface area contributed by atoms with Crippen LogP contribution in [0.2, 0.25) is 0 Å². The molecule has 0 aliphatic carbocycles. The van der Waals surface area contributed by atoms with Crippen LogP contribution in [0.15, 0.2) is 30.3 Å². The number of hydrogen-bond donors (Lipinski definition) is 2. The fourth-order valence-electron chi connectivity index (χ4n) is 1.42. The third-order valence-electron chi connectivity index (χ3n) is 2.48. The molecule has 0 aliphatic heterocycles. The zero-order chi connectivity index (χ0) is 13.9. The van der Waals surface area contributed by atoms with Crippen LogP contribution in [0, 0.1) is 0 Å². The Labute approximate surface area is 114 Å². The number of aliphatic hydroxyl groups is 1. The lowest BCUT2D eigenvalue weighted by molar-refractivity contribution is -0.116. The summed E-state index contributed by atoms with van der Waals surface area (Å²) in [7, 11) is 0. The van der Waals surface area contributed by atoms with E-state index in [1.54, 1.807) is 6.08 Å². The Balaban J connectivity index is 2.43. The van der Waals surface area contributed by atoms with Crippen molar-refractivity contribution in [2.45, 2.75) is 19.8 Å². The molecular formula is C15H21NO3. The zero-order valence-electron chi connectivity index (χ0n) is 11.3. The second-order valence-electron chi connectivity index (χ2n) is 4.12. The summed E-state index contributed by atoms with van der Waals surface area (Å²) < 4.78 is 5.55. The van der Waals surface area contributed by atoms with Gasteiger partial charge >= 0.3 is 0 Å². The molecule has 1 rings (SSSR count). The Hall–Kier alpha value is -1.81. The molecule has 0 aliphatic rings. The van der Waals surface area contributed by atoms with Crippen molar-refractivity contribution in [3.63, 3.8) is 0 Å². The van der Waals surface area contributed by atoms with Gasteiger partial charge in [0.2, 0.25) is 5.91 Å². The number of unbranched alkanes of at least 4 members (excludes halogenated alkanes) is 1. The molecule has 0 fully saturated rings. The Morgan fingerprint density at radius 2 is 2.11 bits per heavy atom. The summed E-state index contributed by atoms with van der Waals surface area (Å²) in [6.45, 7) is 3.07. The molecule has 0 atom stereocenters. The molecule has 0 radical (unpaired) electrons. The minimum Gasteiger partial charge on any atom is -0.494 e. The standard InChI is InChI=1S/C15H21NO3/c1-2-3-12-19-14-7-4-13(5-8-14)6-9-15(18)16-10-11-17/h4-9,17H,2-3,10-12H2,1H3,(H,16,18). The number of carbonyl (C=O) groups is 1. The van der Waals surface area contributed by atoms with Gasteiger partial charge in [-0.05, 0) is 30.2 Å². The maximum Gasteiger partial charge on any atom is 0.244 e. The molecule has 0 heterocycles. The van der Waals surface area contributed by atoms with Gasteiger partial charge in [-0.3, -0.25) is 4.79 Å². The molecule has 1 amide bonds. The zero-order valence-corrected chi connectivity index (χ0v) is 11.3. The summed E-state index contributed by atoms with van der Waals surface area (Å²) in [4.78, 5) is 11.3. The first-order valence-electron chi connectivity index (χ1n) is 6.56. The molecule has 1 aromatic rings. The van der Waals surface area contributed by atoms with Crippen LogP contribution in [-0.2, 0) is 4.79 Å². The van der Waals surface area contributed by atoms with Crippen molar-refractivity contribution in [1.82, 2.24) is 5.32 Å². The number of aliphatic hydroxyl groups excluding tert-OH is 1. The topological polar surface area (TPSA) is 58.6 Å². The predicted octanol–water partition coefficient (Wildman–Crippen LogP) is 1.99. The van der Waals surface area contributed by atoms with E-state index in [4.69, 9.17) is 9.84 Å². The number of carbonyl (C=O) groups excluding carboxylic acids is 1. The van der Waals surface area contributed by atoms with E-state index in [1.165, 1.54) is 6.08 Å². The van der Waals surface area contributed by atoms with Crippen LogP contribution < -0.4 is 10.1 Å². The highest BCUT2D eigenvalue weighted by atomic mass is 16.5. The fourth-order valence-corrected chi connectivity index (χ4v) is 1.42. The Morgan fingerprint density at radius 1 is 1.37 bits per heavy atom. The molecule has 0 spiro atoms. The smallest absolute Gasteiger partial charge is 0.244 e. The number of rotatable bonds is 8. The van der Waals surface area contributed by atoms with Crippen LogP contribution >= 0.6 is 0 Å². The molecule has 4 heteroatoms. The molecule has 104 valence electrons. The average molecular weight is 263 g/mol. The highest BCUT2D eigenvalue weighted by Gasteiger charge is 1.95. The van der Waals surface area contributed by atoms with Gasteiger partial charge in [0.25, 0.3) is 0 Å². The Bertz CT molecular complexity index is 398. The normalized spacial score (nSPS) is 10.6. The maximum atomic E-state index is 11.3. The summed E-state index contributed by atoms with van der Waals surface area (Å²) >= 11 is 0. The summed E-state index contributed by atoms with van der Waals surface area (Å²) in [5, 5.41) is 11.1. The maximum absolute atomic E-state index is 11.3. The van der Waals surface area contributed by atoms with Crippen molar-refractivity contribution >= 4 is 12.0 Å². The first kappa shape index (κ1) is 15.2.